The van der Waals surface area contributed by atoms with Gasteiger partial charge in [-0.15, -0.1) is 0 Å². The highest BCUT2D eigenvalue weighted by molar-refractivity contribution is 7.99. The predicted molar refractivity (Wildman–Crippen MR) is 90.2 cm³/mol. The molecule has 2 aliphatic rings. The third kappa shape index (κ3) is 3.10. The highest BCUT2D eigenvalue weighted by atomic mass is 32.2. The average Bonchev–Trinajstić information content (AvgIpc) is 3.01. The van der Waals surface area contributed by atoms with E-state index in [0.717, 1.165) is 24.8 Å². The van der Waals surface area contributed by atoms with Gasteiger partial charge in [-0.2, -0.15) is 11.8 Å². The molecular weight excluding hydrogens is 296 g/mol. The molecule has 0 spiro atoms. The quantitative estimate of drug-likeness (QED) is 0.900. The molecule has 1 saturated carbocycles. The number of thioether (sulfide) groups is 1. The van der Waals surface area contributed by atoms with E-state index < -0.39 is 0 Å². The highest BCUT2D eigenvalue weighted by Crippen LogP contribution is 2.31. The highest BCUT2D eigenvalue weighted by Gasteiger charge is 2.32. The number of hydrogen-bond donors (Lipinski definition) is 2. The number of fused-ring (bicyclic) bond motifs is 1. The number of carbonyl (C=O) groups is 1. The molecule has 3 rings (SSSR count). The molecule has 1 aromatic carbocycles. The normalized spacial score (nSPS) is 27.5. The Balaban J connectivity index is 1.68. The number of urea groups is 1. The van der Waals surface area contributed by atoms with Crippen LogP contribution in [0.2, 0.25) is 0 Å². The lowest BCUT2D eigenvalue weighted by Gasteiger charge is -2.37. The van der Waals surface area contributed by atoms with Crippen molar-refractivity contribution < 1.29 is 9.90 Å². The fraction of sp³-hybridized carbons (Fsp3) is 0.588. The molecule has 22 heavy (non-hydrogen) atoms. The van der Waals surface area contributed by atoms with Crippen molar-refractivity contribution >= 4 is 17.8 Å². The first-order valence-corrected chi connectivity index (χ1v) is 9.30. The number of benzene rings is 1. The summed E-state index contributed by atoms with van der Waals surface area (Å²) in [4.78, 5) is 14.4. The fourth-order valence-corrected chi connectivity index (χ4v) is 4.43. The van der Waals surface area contributed by atoms with Crippen LogP contribution in [0, 0.1) is 0 Å². The second kappa shape index (κ2) is 6.92. The number of rotatable bonds is 3. The molecule has 5 heteroatoms. The fourth-order valence-electron chi connectivity index (χ4n) is 3.63. The van der Waals surface area contributed by atoms with Gasteiger partial charge in [0.2, 0.25) is 0 Å². The molecule has 1 aromatic rings. The molecule has 0 bridgehead atoms. The van der Waals surface area contributed by atoms with Gasteiger partial charge in [0.15, 0.2) is 0 Å². The Labute approximate surface area is 136 Å². The molecule has 1 aliphatic carbocycles. The van der Waals surface area contributed by atoms with Crippen molar-refractivity contribution in [2.24, 2.45) is 0 Å². The maximum atomic E-state index is 12.6. The Kier molecular flexibility index (Phi) is 4.93. The number of aliphatic hydroxyl groups is 1. The maximum Gasteiger partial charge on any atom is 0.318 e. The third-order valence-corrected chi connectivity index (χ3v) is 5.99. The van der Waals surface area contributed by atoms with Gasteiger partial charge in [-0.05, 0) is 43.1 Å². The van der Waals surface area contributed by atoms with E-state index in [1.165, 1.54) is 12.0 Å². The van der Waals surface area contributed by atoms with Crippen LogP contribution in [-0.2, 0) is 6.42 Å². The van der Waals surface area contributed by atoms with Gasteiger partial charge in [0, 0.05) is 17.8 Å². The van der Waals surface area contributed by atoms with Gasteiger partial charge in [0.25, 0.3) is 0 Å². The molecule has 1 fully saturated rings. The molecule has 2 amide bonds. The minimum absolute atomic E-state index is 0.0253. The van der Waals surface area contributed by atoms with E-state index in [1.54, 1.807) is 4.90 Å². The van der Waals surface area contributed by atoms with E-state index in [9.17, 15) is 9.90 Å². The number of aliphatic hydroxyl groups excluding tert-OH is 1. The monoisotopic (exact) mass is 320 g/mol. The Morgan fingerprint density at radius 3 is 2.95 bits per heavy atom. The van der Waals surface area contributed by atoms with Crippen molar-refractivity contribution in [1.29, 1.82) is 0 Å². The van der Waals surface area contributed by atoms with Crippen molar-refractivity contribution in [3.8, 4) is 0 Å². The van der Waals surface area contributed by atoms with Gasteiger partial charge in [0.1, 0.15) is 0 Å². The minimum Gasteiger partial charge on any atom is -0.394 e. The molecule has 4 nitrogen and oxygen atoms in total. The first kappa shape index (κ1) is 15.7. The lowest BCUT2D eigenvalue weighted by Crippen LogP contribution is -2.49. The SMILES string of the molecule is CSC1CCC(NC(=O)N2CCc3ccccc3C2CO)C1. The van der Waals surface area contributed by atoms with E-state index >= 15 is 0 Å². The van der Waals surface area contributed by atoms with Gasteiger partial charge >= 0.3 is 6.03 Å². The van der Waals surface area contributed by atoms with E-state index in [-0.39, 0.29) is 24.7 Å². The van der Waals surface area contributed by atoms with Crippen LogP contribution in [-0.4, -0.2) is 46.7 Å². The van der Waals surface area contributed by atoms with Crippen molar-refractivity contribution in [2.45, 2.75) is 43.0 Å². The van der Waals surface area contributed by atoms with E-state index in [4.69, 9.17) is 0 Å². The van der Waals surface area contributed by atoms with Gasteiger partial charge < -0.3 is 15.3 Å². The van der Waals surface area contributed by atoms with Gasteiger partial charge in [-0.25, -0.2) is 4.79 Å². The number of carbonyl (C=O) groups excluding carboxylic acids is 1. The first-order chi connectivity index (χ1) is 10.7. The van der Waals surface area contributed by atoms with Crippen LogP contribution < -0.4 is 5.32 Å². The standard InChI is InChI=1S/C17H24N2O2S/c1-22-14-7-6-13(10-14)18-17(21)19-9-8-12-4-2-3-5-15(12)16(19)11-20/h2-5,13-14,16,20H,6-11H2,1H3,(H,18,21). The summed E-state index contributed by atoms with van der Waals surface area (Å²) in [6.45, 7) is 0.648. The summed E-state index contributed by atoms with van der Waals surface area (Å²) in [6.07, 6.45) is 6.29. The lowest BCUT2D eigenvalue weighted by molar-refractivity contribution is 0.125. The Bertz CT molecular complexity index is 537. The molecule has 2 N–H and O–H groups in total. The Morgan fingerprint density at radius 2 is 2.23 bits per heavy atom. The molecule has 1 heterocycles. The average molecular weight is 320 g/mol. The molecule has 0 saturated heterocycles. The van der Waals surface area contributed by atoms with Crippen LogP contribution in [0.1, 0.15) is 36.4 Å². The van der Waals surface area contributed by atoms with Gasteiger partial charge in [-0.3, -0.25) is 0 Å². The van der Waals surface area contributed by atoms with Crippen LogP contribution in [0.3, 0.4) is 0 Å². The van der Waals surface area contributed by atoms with Crippen LogP contribution in [0.15, 0.2) is 24.3 Å². The summed E-state index contributed by atoms with van der Waals surface area (Å²) in [7, 11) is 0. The van der Waals surface area contributed by atoms with Gasteiger partial charge in [0.05, 0.1) is 12.6 Å². The maximum absolute atomic E-state index is 12.6. The van der Waals surface area contributed by atoms with Crippen molar-refractivity contribution in [3.05, 3.63) is 35.4 Å². The molecule has 1 aliphatic heterocycles. The molecule has 3 unspecified atom stereocenters. The van der Waals surface area contributed by atoms with Crippen LogP contribution in [0.4, 0.5) is 4.79 Å². The van der Waals surface area contributed by atoms with Crippen LogP contribution >= 0.6 is 11.8 Å². The van der Waals surface area contributed by atoms with E-state index in [1.807, 2.05) is 30.0 Å². The molecule has 0 aromatic heterocycles. The number of hydrogen-bond acceptors (Lipinski definition) is 3. The Hall–Kier alpha value is -1.20. The topological polar surface area (TPSA) is 52.6 Å². The molecule has 0 radical (unpaired) electrons. The van der Waals surface area contributed by atoms with Crippen molar-refractivity contribution in [2.75, 3.05) is 19.4 Å². The third-order valence-electron chi connectivity index (χ3n) is 4.89. The van der Waals surface area contributed by atoms with Crippen molar-refractivity contribution in [3.63, 3.8) is 0 Å². The largest absolute Gasteiger partial charge is 0.394 e. The molecule has 3 atom stereocenters. The summed E-state index contributed by atoms with van der Waals surface area (Å²) in [5.41, 5.74) is 2.33. The van der Waals surface area contributed by atoms with E-state index in [0.29, 0.717) is 11.8 Å². The number of nitrogens with zero attached hydrogens (tertiary/aromatic N) is 1. The number of nitrogens with one attached hydrogen (secondary N) is 1. The smallest absolute Gasteiger partial charge is 0.318 e. The summed E-state index contributed by atoms with van der Waals surface area (Å²) < 4.78 is 0. The van der Waals surface area contributed by atoms with Crippen LogP contribution in [0.5, 0.6) is 0 Å². The van der Waals surface area contributed by atoms with Gasteiger partial charge in [-0.1, -0.05) is 24.3 Å². The zero-order valence-corrected chi connectivity index (χ0v) is 13.8. The predicted octanol–water partition coefficient (Wildman–Crippen LogP) is 2.57. The summed E-state index contributed by atoms with van der Waals surface area (Å²) in [5, 5.41) is 13.6. The lowest BCUT2D eigenvalue weighted by atomic mass is 9.93. The zero-order chi connectivity index (χ0) is 15.5. The minimum atomic E-state index is -0.220. The van der Waals surface area contributed by atoms with Crippen LogP contribution in [0.25, 0.3) is 0 Å². The second-order valence-electron chi connectivity index (χ2n) is 6.16. The summed E-state index contributed by atoms with van der Waals surface area (Å²) >= 11 is 1.89. The van der Waals surface area contributed by atoms with E-state index in [2.05, 4.69) is 17.6 Å². The number of amides is 2. The second-order valence-corrected chi connectivity index (χ2v) is 7.30. The van der Waals surface area contributed by atoms with Crippen molar-refractivity contribution in [1.82, 2.24) is 10.2 Å². The first-order valence-electron chi connectivity index (χ1n) is 8.01. The zero-order valence-electron chi connectivity index (χ0n) is 13.0. The molecular formula is C17H24N2O2S. The summed E-state index contributed by atoms with van der Waals surface area (Å²) in [6, 6.07) is 8.14. The molecule has 120 valence electrons. The summed E-state index contributed by atoms with van der Waals surface area (Å²) in [5.74, 6) is 0. The Morgan fingerprint density at radius 1 is 1.41 bits per heavy atom.